The summed E-state index contributed by atoms with van der Waals surface area (Å²) in [5.41, 5.74) is 4.24. The molecule has 0 saturated heterocycles. The van der Waals surface area contributed by atoms with Crippen LogP contribution in [-0.2, 0) is 22.7 Å². The van der Waals surface area contributed by atoms with Gasteiger partial charge < -0.3 is 10.4 Å². The van der Waals surface area contributed by atoms with Gasteiger partial charge in [0.25, 0.3) is 5.91 Å². The second-order valence-electron chi connectivity index (χ2n) is 10.8. The van der Waals surface area contributed by atoms with Crippen LogP contribution in [-0.4, -0.2) is 51.8 Å². The van der Waals surface area contributed by atoms with Gasteiger partial charge in [0.2, 0.25) is 0 Å². The average Bonchev–Trinajstić information content (AvgIpc) is 2.95. The van der Waals surface area contributed by atoms with E-state index in [4.69, 9.17) is 0 Å². The Kier molecular flexibility index (Phi) is 10.9. The van der Waals surface area contributed by atoms with Gasteiger partial charge in [-0.25, -0.2) is 13.6 Å². The number of halogens is 2. The number of aryl methyl sites for hydroxylation is 1. The minimum atomic E-state index is -1.08. The maximum absolute atomic E-state index is 14.0. The largest absolute Gasteiger partial charge is 0.480 e. The lowest BCUT2D eigenvalue weighted by Crippen LogP contribution is -2.41. The van der Waals surface area contributed by atoms with Crippen molar-refractivity contribution in [2.24, 2.45) is 0 Å². The van der Waals surface area contributed by atoms with Crippen molar-refractivity contribution in [2.45, 2.75) is 64.2 Å². The predicted molar refractivity (Wildman–Crippen MR) is 161 cm³/mol. The zero-order valence-electron chi connectivity index (χ0n) is 23.9. The monoisotopic (exact) mass is 594 g/mol. The normalized spacial score (nSPS) is 14.6. The Morgan fingerprint density at radius 2 is 1.64 bits per heavy atom. The quantitative estimate of drug-likeness (QED) is 0.253. The summed E-state index contributed by atoms with van der Waals surface area (Å²) in [6.45, 7) is 2.68. The van der Waals surface area contributed by atoms with Crippen LogP contribution in [0.25, 0.3) is 11.1 Å². The van der Waals surface area contributed by atoms with Gasteiger partial charge in [-0.3, -0.25) is 14.5 Å². The predicted octanol–water partition coefficient (Wildman–Crippen LogP) is 6.39. The van der Waals surface area contributed by atoms with Crippen molar-refractivity contribution in [3.05, 3.63) is 94.6 Å². The van der Waals surface area contributed by atoms with E-state index in [1.807, 2.05) is 49.6 Å². The molecule has 1 saturated carbocycles. The lowest BCUT2D eigenvalue weighted by Gasteiger charge is -2.34. The minimum Gasteiger partial charge on any atom is -0.480 e. The van der Waals surface area contributed by atoms with Crippen molar-refractivity contribution in [1.29, 1.82) is 0 Å². The van der Waals surface area contributed by atoms with Crippen molar-refractivity contribution in [3.8, 4) is 11.1 Å². The highest BCUT2D eigenvalue weighted by atomic mass is 32.2. The Bertz CT molecular complexity index is 1420. The lowest BCUT2D eigenvalue weighted by atomic mass is 9.91. The first-order chi connectivity index (χ1) is 20.1. The molecule has 1 unspecified atom stereocenters. The third-order valence-electron chi connectivity index (χ3n) is 7.70. The molecule has 0 spiro atoms. The first-order valence-corrected chi connectivity index (χ1v) is 15.5. The molecule has 1 fully saturated rings. The maximum Gasteiger partial charge on any atom is 0.326 e. The molecule has 1 aliphatic rings. The van der Waals surface area contributed by atoms with E-state index in [-0.39, 0.29) is 11.8 Å². The number of ketones is 1. The molecule has 2 N–H and O–H groups in total. The average molecular weight is 595 g/mol. The Morgan fingerprint density at radius 3 is 2.29 bits per heavy atom. The molecule has 3 aromatic carbocycles. The molecule has 0 bridgehead atoms. The molecule has 222 valence electrons. The molecular weight excluding hydrogens is 558 g/mol. The highest BCUT2D eigenvalue weighted by molar-refractivity contribution is 7.98. The van der Waals surface area contributed by atoms with Crippen LogP contribution in [0.4, 0.5) is 8.78 Å². The summed E-state index contributed by atoms with van der Waals surface area (Å²) in [4.78, 5) is 39.4. The summed E-state index contributed by atoms with van der Waals surface area (Å²) in [6.07, 6.45) is 4.44. The molecule has 3 aromatic rings. The van der Waals surface area contributed by atoms with E-state index in [9.17, 15) is 28.3 Å². The van der Waals surface area contributed by atoms with Crippen LogP contribution in [0.5, 0.6) is 0 Å². The van der Waals surface area contributed by atoms with Crippen molar-refractivity contribution in [2.75, 3.05) is 12.0 Å². The number of nitrogens with zero attached hydrogens (tertiary/aromatic N) is 1. The fraction of sp³-hybridized carbons (Fsp3) is 0.364. The van der Waals surface area contributed by atoms with Crippen molar-refractivity contribution in [3.63, 3.8) is 0 Å². The molecule has 0 heterocycles. The van der Waals surface area contributed by atoms with Crippen molar-refractivity contribution in [1.82, 2.24) is 10.2 Å². The second-order valence-corrected chi connectivity index (χ2v) is 11.8. The van der Waals surface area contributed by atoms with Crippen molar-refractivity contribution < 1.29 is 28.3 Å². The number of Topliss-reactive ketones (excluding diaryl/α,β-unsaturated/α-hetero) is 1. The number of aliphatic carboxylic acids is 1. The van der Waals surface area contributed by atoms with Crippen LogP contribution in [0.15, 0.2) is 60.7 Å². The van der Waals surface area contributed by atoms with E-state index in [0.29, 0.717) is 67.6 Å². The fourth-order valence-electron chi connectivity index (χ4n) is 5.49. The number of carboxylic acid groups (broad SMARTS) is 1. The number of rotatable bonds is 12. The number of hydrogen-bond donors (Lipinski definition) is 2. The molecule has 0 radical (unpaired) electrons. The summed E-state index contributed by atoms with van der Waals surface area (Å²) >= 11 is 1.51. The highest BCUT2D eigenvalue weighted by Gasteiger charge is 2.27. The number of amides is 1. The van der Waals surface area contributed by atoms with E-state index < -0.39 is 29.6 Å². The summed E-state index contributed by atoms with van der Waals surface area (Å²) in [6, 6.07) is 15.7. The van der Waals surface area contributed by atoms with Gasteiger partial charge in [0.1, 0.15) is 23.5 Å². The topological polar surface area (TPSA) is 86.7 Å². The zero-order chi connectivity index (χ0) is 30.2. The van der Waals surface area contributed by atoms with E-state index in [0.717, 1.165) is 22.8 Å². The Labute approximate surface area is 249 Å². The van der Waals surface area contributed by atoms with Crippen LogP contribution in [0.2, 0.25) is 0 Å². The van der Waals surface area contributed by atoms with Gasteiger partial charge in [-0.1, -0.05) is 30.3 Å². The van der Waals surface area contributed by atoms with Crippen LogP contribution < -0.4 is 5.32 Å². The van der Waals surface area contributed by atoms with Gasteiger partial charge in [0.15, 0.2) is 0 Å². The molecule has 1 amide bonds. The number of carbonyl (C=O) groups is 3. The van der Waals surface area contributed by atoms with Crippen LogP contribution in [0.3, 0.4) is 0 Å². The minimum absolute atomic E-state index is 0.0478. The SMILES string of the molecule is CSCCC(NC(=O)c1ccc(CN(Cc2cc(F)cc(F)c2)C2CCC(=O)CC2)cc1-c1ccccc1C)C(=O)O. The second kappa shape index (κ2) is 14.6. The molecule has 9 heteroatoms. The Balaban J connectivity index is 1.69. The van der Waals surface area contributed by atoms with Gasteiger partial charge in [0, 0.05) is 43.6 Å². The van der Waals surface area contributed by atoms with Gasteiger partial charge in [-0.2, -0.15) is 11.8 Å². The van der Waals surface area contributed by atoms with E-state index in [1.165, 1.54) is 23.9 Å². The van der Waals surface area contributed by atoms with Crippen LogP contribution >= 0.6 is 11.8 Å². The first kappa shape index (κ1) is 31.4. The van der Waals surface area contributed by atoms with Crippen LogP contribution in [0.1, 0.15) is 59.2 Å². The van der Waals surface area contributed by atoms with E-state index >= 15 is 0 Å². The summed E-state index contributed by atoms with van der Waals surface area (Å²) in [7, 11) is 0. The van der Waals surface area contributed by atoms with E-state index in [2.05, 4.69) is 10.2 Å². The summed E-state index contributed by atoms with van der Waals surface area (Å²) in [5.74, 6) is -2.01. The van der Waals surface area contributed by atoms with Gasteiger partial charge in [-0.15, -0.1) is 0 Å². The van der Waals surface area contributed by atoms with Gasteiger partial charge in [-0.05, 0) is 90.3 Å². The molecular formula is C33H36F2N2O4S. The Hall–Kier alpha value is -3.56. The summed E-state index contributed by atoms with van der Waals surface area (Å²) in [5, 5.41) is 12.4. The number of nitrogens with one attached hydrogen (secondary N) is 1. The number of hydrogen-bond acceptors (Lipinski definition) is 5. The van der Waals surface area contributed by atoms with E-state index in [1.54, 1.807) is 6.07 Å². The molecule has 42 heavy (non-hydrogen) atoms. The standard InChI is InChI=1S/C33H36F2N2O4S/c1-21-5-3-4-6-28(21)30-17-22(7-12-29(30)32(39)36-31(33(40)41)13-14-42-2)19-37(26-8-10-27(38)11-9-26)20-23-15-24(34)18-25(35)16-23/h3-7,12,15-18,26,31H,8-11,13-14,19-20H2,1-2H3,(H,36,39)(H,40,41). The number of benzene rings is 3. The molecule has 0 aliphatic heterocycles. The molecule has 1 aliphatic carbocycles. The third kappa shape index (κ3) is 8.26. The highest BCUT2D eigenvalue weighted by Crippen LogP contribution is 2.31. The molecule has 0 aromatic heterocycles. The number of carbonyl (C=O) groups excluding carboxylic acids is 2. The lowest BCUT2D eigenvalue weighted by molar-refractivity contribution is -0.139. The summed E-state index contributed by atoms with van der Waals surface area (Å²) < 4.78 is 28.1. The fourth-order valence-corrected chi connectivity index (χ4v) is 5.96. The maximum atomic E-state index is 14.0. The third-order valence-corrected chi connectivity index (χ3v) is 8.34. The zero-order valence-corrected chi connectivity index (χ0v) is 24.7. The van der Waals surface area contributed by atoms with Crippen molar-refractivity contribution >= 4 is 29.4 Å². The number of carboxylic acids is 1. The molecule has 4 rings (SSSR count). The smallest absolute Gasteiger partial charge is 0.326 e. The van der Waals surface area contributed by atoms with Gasteiger partial charge in [0.05, 0.1) is 0 Å². The molecule has 1 atom stereocenters. The Morgan fingerprint density at radius 1 is 0.976 bits per heavy atom. The molecule has 6 nitrogen and oxygen atoms in total. The number of thioether (sulfide) groups is 1. The first-order valence-electron chi connectivity index (χ1n) is 14.1. The van der Waals surface area contributed by atoms with Gasteiger partial charge >= 0.3 is 5.97 Å². The van der Waals surface area contributed by atoms with Crippen LogP contribution in [0, 0.1) is 18.6 Å².